The number of nitro groups is 1. The average Bonchev–Trinajstić information content (AvgIpc) is 3.10. The number of unbranched alkanes of at least 4 members (excludes halogenated alkanes) is 4. The first-order chi connectivity index (χ1) is 24.0. The Kier molecular flexibility index (Phi) is 15.2. The summed E-state index contributed by atoms with van der Waals surface area (Å²) in [6.07, 6.45) is -4.75. The van der Waals surface area contributed by atoms with Gasteiger partial charge in [0, 0.05) is 37.9 Å². The normalized spacial score (nSPS) is 28.4. The Balaban J connectivity index is 1.11. The molecule has 1 fully saturated rings. The van der Waals surface area contributed by atoms with E-state index < -0.39 is 72.8 Å². The molecular weight excluding hydrogens is 684 g/mol. The van der Waals surface area contributed by atoms with Crippen molar-refractivity contribution in [2.45, 2.75) is 106 Å². The Labute approximate surface area is 292 Å². The van der Waals surface area contributed by atoms with Gasteiger partial charge in [-0.2, -0.15) is 0 Å². The van der Waals surface area contributed by atoms with Gasteiger partial charge in [0.2, 0.25) is 11.7 Å². The van der Waals surface area contributed by atoms with Crippen molar-refractivity contribution in [3.8, 4) is 5.75 Å². The van der Waals surface area contributed by atoms with Crippen molar-refractivity contribution >= 4 is 29.3 Å². The number of nitrogens with one attached hydrogen (secondary N) is 1. The van der Waals surface area contributed by atoms with Gasteiger partial charge >= 0.3 is 5.97 Å². The second-order valence-electron chi connectivity index (χ2n) is 12.3. The smallest absolute Gasteiger partial charge is 0.311 e. The molecule has 3 heterocycles. The standard InChI is InChI=1S/C32H46N2O15S/c35-16-22(38)28-26(41)21(37)15-32(48-28)18-50-30-29(49-32)27(42)23(17-36)47-31(30)45-14-6-2-1-5-13-33-24(39)7-3-4-8-25(40)46-20-11-9-19(10-12-20)34(43)44/h9-12,21-23,26-28,31,35-38,41-42H,1-8,13-18H2,(H,33,39)/t21?,22-,23?,26?,27?,28+,31?,32+/m1/s1. The minimum atomic E-state index is -1.52. The summed E-state index contributed by atoms with van der Waals surface area (Å²) in [6, 6.07) is 5.21. The van der Waals surface area contributed by atoms with Crippen molar-refractivity contribution in [2.24, 2.45) is 0 Å². The van der Waals surface area contributed by atoms with Gasteiger partial charge in [-0.05, 0) is 37.8 Å². The number of aliphatic hydroxyl groups excluding tert-OH is 6. The molecule has 7 N–H and O–H groups in total. The quantitative estimate of drug-likeness (QED) is 0.0354. The molecule has 3 aliphatic heterocycles. The molecule has 3 aliphatic rings. The fourth-order valence-electron chi connectivity index (χ4n) is 5.70. The van der Waals surface area contributed by atoms with Crippen LogP contribution in [0.5, 0.6) is 5.75 Å². The number of benzene rings is 1. The van der Waals surface area contributed by atoms with Crippen LogP contribution in [0.1, 0.15) is 57.8 Å². The molecule has 1 spiro atoms. The third kappa shape index (κ3) is 10.8. The van der Waals surface area contributed by atoms with Gasteiger partial charge in [0.25, 0.3) is 5.69 Å². The molecule has 5 unspecified atom stereocenters. The molecule has 17 nitrogen and oxygen atoms in total. The van der Waals surface area contributed by atoms with Crippen molar-refractivity contribution in [2.75, 3.05) is 32.1 Å². The number of aliphatic hydroxyl groups is 6. The van der Waals surface area contributed by atoms with E-state index in [0.717, 1.165) is 19.3 Å². The molecule has 1 saturated heterocycles. The highest BCUT2D eigenvalue weighted by atomic mass is 32.2. The number of hydrogen-bond donors (Lipinski definition) is 7. The molecule has 280 valence electrons. The maximum absolute atomic E-state index is 12.1. The first kappa shape index (κ1) is 39.9. The number of carbonyl (C=O) groups excluding carboxylic acids is 2. The van der Waals surface area contributed by atoms with Crippen LogP contribution in [-0.2, 0) is 28.5 Å². The van der Waals surface area contributed by atoms with Crippen molar-refractivity contribution in [1.29, 1.82) is 0 Å². The number of rotatable bonds is 18. The van der Waals surface area contributed by atoms with E-state index in [9.17, 15) is 50.3 Å². The molecule has 1 amide bonds. The van der Waals surface area contributed by atoms with E-state index in [0.29, 0.717) is 37.3 Å². The largest absolute Gasteiger partial charge is 0.462 e. The molecule has 18 heteroatoms. The summed E-state index contributed by atoms with van der Waals surface area (Å²) < 4.78 is 28.8. The summed E-state index contributed by atoms with van der Waals surface area (Å²) in [7, 11) is 0. The number of hydrogen-bond acceptors (Lipinski definition) is 16. The van der Waals surface area contributed by atoms with Gasteiger partial charge in [-0.25, -0.2) is 0 Å². The Morgan fingerprint density at radius 2 is 1.78 bits per heavy atom. The summed E-state index contributed by atoms with van der Waals surface area (Å²) >= 11 is 1.21. The Hall–Kier alpha value is -2.91. The lowest BCUT2D eigenvalue weighted by Gasteiger charge is -2.50. The van der Waals surface area contributed by atoms with E-state index in [1.165, 1.54) is 36.0 Å². The monoisotopic (exact) mass is 730 g/mol. The van der Waals surface area contributed by atoms with Crippen LogP contribution in [-0.4, -0.2) is 128 Å². The van der Waals surface area contributed by atoms with E-state index in [1.807, 2.05) is 0 Å². The van der Waals surface area contributed by atoms with Crippen LogP contribution in [0.25, 0.3) is 0 Å². The summed E-state index contributed by atoms with van der Waals surface area (Å²) in [6.45, 7) is -0.445. The van der Waals surface area contributed by atoms with E-state index in [4.69, 9.17) is 23.7 Å². The summed E-state index contributed by atoms with van der Waals surface area (Å²) in [5, 5.41) is 74.5. The van der Waals surface area contributed by atoms with Gasteiger partial charge in [-0.1, -0.05) is 12.8 Å². The molecule has 0 radical (unpaired) electrons. The fraction of sp³-hybridized carbons (Fsp3) is 0.688. The molecule has 50 heavy (non-hydrogen) atoms. The van der Waals surface area contributed by atoms with E-state index in [2.05, 4.69) is 5.32 Å². The maximum atomic E-state index is 12.1. The van der Waals surface area contributed by atoms with Crippen LogP contribution >= 0.6 is 11.8 Å². The van der Waals surface area contributed by atoms with Gasteiger partial charge in [-0.15, -0.1) is 11.8 Å². The lowest BCUT2D eigenvalue weighted by molar-refractivity contribution is -0.384. The Morgan fingerprint density at radius 3 is 2.48 bits per heavy atom. The van der Waals surface area contributed by atoms with Crippen LogP contribution in [0, 0.1) is 10.1 Å². The molecule has 0 bridgehead atoms. The van der Waals surface area contributed by atoms with E-state index >= 15 is 0 Å². The van der Waals surface area contributed by atoms with Crippen LogP contribution < -0.4 is 10.1 Å². The lowest BCUT2D eigenvalue weighted by atomic mass is 9.93. The highest BCUT2D eigenvalue weighted by Gasteiger charge is 2.55. The van der Waals surface area contributed by atoms with Gasteiger partial charge in [0.05, 0.1) is 41.5 Å². The van der Waals surface area contributed by atoms with Crippen LogP contribution in [0.4, 0.5) is 5.69 Å². The number of amides is 1. The Bertz CT molecular complexity index is 1320. The van der Waals surface area contributed by atoms with Crippen molar-refractivity contribution in [3.63, 3.8) is 0 Å². The van der Waals surface area contributed by atoms with Crippen LogP contribution in [0.15, 0.2) is 34.9 Å². The molecule has 0 aliphatic carbocycles. The fourth-order valence-corrected chi connectivity index (χ4v) is 6.89. The van der Waals surface area contributed by atoms with E-state index in [1.54, 1.807) is 0 Å². The third-order valence-electron chi connectivity index (χ3n) is 8.44. The number of nitrogens with zero attached hydrogens (tertiary/aromatic N) is 1. The molecular formula is C32H46N2O15S. The van der Waals surface area contributed by atoms with Gasteiger partial charge < -0.3 is 59.6 Å². The highest BCUT2D eigenvalue weighted by molar-refractivity contribution is 8.03. The minimum Gasteiger partial charge on any atom is -0.462 e. The van der Waals surface area contributed by atoms with Crippen LogP contribution in [0.2, 0.25) is 0 Å². The van der Waals surface area contributed by atoms with Crippen molar-refractivity contribution in [1.82, 2.24) is 5.32 Å². The number of nitro benzene ring substituents is 1. The zero-order chi connectivity index (χ0) is 36.3. The number of esters is 1. The van der Waals surface area contributed by atoms with Crippen molar-refractivity contribution < 1.29 is 68.8 Å². The summed E-state index contributed by atoms with van der Waals surface area (Å²) in [5.74, 6) is -1.74. The van der Waals surface area contributed by atoms with E-state index in [-0.39, 0.29) is 48.1 Å². The highest BCUT2D eigenvalue weighted by Crippen LogP contribution is 2.47. The summed E-state index contributed by atoms with van der Waals surface area (Å²) in [5.41, 5.74) is -0.101. The lowest BCUT2D eigenvalue weighted by Crippen LogP contribution is -2.62. The molecule has 0 aromatic heterocycles. The van der Waals surface area contributed by atoms with Crippen LogP contribution in [0.3, 0.4) is 0 Å². The molecule has 0 saturated carbocycles. The Morgan fingerprint density at radius 1 is 1.06 bits per heavy atom. The third-order valence-corrected chi connectivity index (χ3v) is 9.73. The van der Waals surface area contributed by atoms with Gasteiger partial charge in [0.1, 0.15) is 42.0 Å². The van der Waals surface area contributed by atoms with Gasteiger partial charge in [-0.3, -0.25) is 19.7 Å². The minimum absolute atomic E-state index is 0.0512. The maximum Gasteiger partial charge on any atom is 0.311 e. The average molecular weight is 731 g/mol. The first-order valence-electron chi connectivity index (χ1n) is 16.6. The second-order valence-corrected chi connectivity index (χ2v) is 13.3. The number of thioether (sulfide) groups is 1. The number of non-ortho nitro benzene ring substituents is 1. The summed E-state index contributed by atoms with van der Waals surface area (Å²) in [4.78, 5) is 34.7. The van der Waals surface area contributed by atoms with Crippen molar-refractivity contribution in [3.05, 3.63) is 45.0 Å². The molecule has 1 aromatic carbocycles. The number of carbonyl (C=O) groups is 2. The number of ether oxygens (including phenoxy) is 5. The SMILES string of the molecule is O=C(CCCCC(=O)Oc1ccc([N+](=O)[O-])cc1)NCCCCCCOC1OC(CO)C(O)C2=C1SC[C@]1(CC(O)C(O)[C@H]([C@H](O)CO)O1)O2. The first-order valence-corrected chi connectivity index (χ1v) is 17.6. The molecule has 4 rings (SSSR count). The molecule has 1 aromatic rings. The zero-order valence-electron chi connectivity index (χ0n) is 27.5. The predicted octanol–water partition coefficient (Wildman–Crippen LogP) is 0.367. The zero-order valence-corrected chi connectivity index (χ0v) is 28.3. The second kappa shape index (κ2) is 19.1. The van der Waals surface area contributed by atoms with Gasteiger partial charge in [0.15, 0.2) is 6.29 Å². The molecule has 8 atom stereocenters. The topological polar surface area (TPSA) is 257 Å². The predicted molar refractivity (Wildman–Crippen MR) is 174 cm³/mol.